The van der Waals surface area contributed by atoms with Crippen LogP contribution in [0.25, 0.3) is 28.2 Å². The molecule has 2 aromatic carbocycles. The molecular weight excluding hydrogens is 767 g/mol. The first-order valence-corrected chi connectivity index (χ1v) is 23.1. The minimum absolute atomic E-state index is 0.128. The summed E-state index contributed by atoms with van der Waals surface area (Å²) in [5, 5.41) is 6.77. The number of aromatic nitrogens is 1. The van der Waals surface area contributed by atoms with E-state index in [0.717, 1.165) is 80.7 Å². The zero-order chi connectivity index (χ0) is 41.1. The average molecular weight is 824 g/mol. The maximum Gasteiger partial charge on any atom is 0.259 e. The van der Waals surface area contributed by atoms with Crippen molar-refractivity contribution in [2.45, 2.75) is 119 Å². The molecule has 13 heteroatoms. The van der Waals surface area contributed by atoms with Gasteiger partial charge in [-0.3, -0.25) is 19.1 Å². The number of benzene rings is 2. The van der Waals surface area contributed by atoms with Gasteiger partial charge in [0, 0.05) is 41.0 Å². The molecule has 0 spiro atoms. The van der Waals surface area contributed by atoms with Crippen LogP contribution in [0, 0.1) is 11.8 Å². The molecule has 3 aromatic rings. The van der Waals surface area contributed by atoms with Gasteiger partial charge in [-0.1, -0.05) is 80.7 Å². The molecule has 4 fully saturated rings. The van der Waals surface area contributed by atoms with Crippen LogP contribution in [0.5, 0.6) is 11.5 Å². The van der Waals surface area contributed by atoms with E-state index < -0.39 is 56.7 Å². The van der Waals surface area contributed by atoms with Gasteiger partial charge in [0.25, 0.3) is 5.91 Å². The molecule has 3 aliphatic carbocycles. The summed E-state index contributed by atoms with van der Waals surface area (Å²) in [5.41, 5.74) is 1.71. The van der Waals surface area contributed by atoms with Gasteiger partial charge in [-0.2, -0.15) is 0 Å². The van der Waals surface area contributed by atoms with E-state index in [0.29, 0.717) is 42.1 Å². The number of allylic oxidation sites excluding steroid dienone is 1. The number of rotatable bonds is 9. The van der Waals surface area contributed by atoms with Crippen molar-refractivity contribution >= 4 is 44.7 Å². The minimum Gasteiger partial charge on any atom is -0.496 e. The van der Waals surface area contributed by atoms with Crippen LogP contribution in [0.4, 0.5) is 0 Å². The molecule has 3 saturated carbocycles. The van der Waals surface area contributed by atoms with Gasteiger partial charge in [-0.05, 0) is 69.9 Å². The molecule has 8 rings (SSSR count). The smallest absolute Gasteiger partial charge is 0.259 e. The molecule has 5 atom stereocenters. The largest absolute Gasteiger partial charge is 0.496 e. The minimum atomic E-state index is -3.86. The lowest BCUT2D eigenvalue weighted by Gasteiger charge is -2.35. The van der Waals surface area contributed by atoms with E-state index in [9.17, 15) is 18.0 Å². The Morgan fingerprint density at radius 1 is 1.02 bits per heavy atom. The van der Waals surface area contributed by atoms with Crippen LogP contribution >= 0.6 is 0 Å². The Morgan fingerprint density at radius 2 is 1.78 bits per heavy atom. The van der Waals surface area contributed by atoms with E-state index in [1.807, 2.05) is 48.5 Å². The zero-order valence-electron chi connectivity index (χ0n) is 34.0. The third-order valence-electron chi connectivity index (χ3n) is 12.9. The number of amides is 3. The van der Waals surface area contributed by atoms with Gasteiger partial charge in [0.05, 0.1) is 36.2 Å². The molecule has 3 amide bonds. The quantitative estimate of drug-likeness (QED) is 0.207. The van der Waals surface area contributed by atoms with Crippen molar-refractivity contribution in [1.82, 2.24) is 25.2 Å². The topological polar surface area (TPSA) is 156 Å². The predicted molar refractivity (Wildman–Crippen MR) is 228 cm³/mol. The Bertz CT molecular complexity index is 2200. The van der Waals surface area contributed by atoms with Gasteiger partial charge in [-0.25, -0.2) is 13.4 Å². The molecule has 5 aliphatic rings. The molecule has 1 aromatic heterocycles. The molecule has 3 heterocycles. The van der Waals surface area contributed by atoms with Crippen molar-refractivity contribution in [2.75, 3.05) is 20.2 Å². The fraction of sp³-hybridized carbons (Fsp3) is 0.522. The van der Waals surface area contributed by atoms with Gasteiger partial charge >= 0.3 is 0 Å². The fourth-order valence-corrected chi connectivity index (χ4v) is 10.6. The molecule has 59 heavy (non-hydrogen) atoms. The van der Waals surface area contributed by atoms with Crippen molar-refractivity contribution in [3.05, 3.63) is 72.8 Å². The van der Waals surface area contributed by atoms with Crippen molar-refractivity contribution in [3.8, 4) is 22.8 Å². The summed E-state index contributed by atoms with van der Waals surface area (Å²) in [6.07, 6.45) is 16.7. The van der Waals surface area contributed by atoms with Crippen LogP contribution in [-0.4, -0.2) is 85.2 Å². The van der Waals surface area contributed by atoms with Gasteiger partial charge in [0.1, 0.15) is 29.2 Å². The number of hydrogen-bond donors (Lipinski definition) is 3. The Morgan fingerprint density at radius 3 is 2.51 bits per heavy atom. The number of hydrogen-bond acceptors (Lipinski definition) is 9. The summed E-state index contributed by atoms with van der Waals surface area (Å²) in [4.78, 5) is 50.1. The second-order valence-electron chi connectivity index (χ2n) is 17.1. The summed E-state index contributed by atoms with van der Waals surface area (Å²) >= 11 is 0. The molecule has 3 N–H and O–H groups in total. The maximum atomic E-state index is 15.0. The molecule has 12 nitrogen and oxygen atoms in total. The van der Waals surface area contributed by atoms with Crippen LogP contribution < -0.4 is 24.8 Å². The number of nitrogens with zero attached hydrogens (tertiary/aromatic N) is 2. The first-order chi connectivity index (χ1) is 28.6. The van der Waals surface area contributed by atoms with E-state index in [1.165, 1.54) is 0 Å². The molecule has 0 radical (unpaired) electrons. The number of carbonyl (C=O) groups excluding carboxylic acids is 3. The van der Waals surface area contributed by atoms with Crippen LogP contribution in [0.1, 0.15) is 95.5 Å². The molecule has 314 valence electrons. The Labute approximate surface area is 347 Å². The molecule has 2 aliphatic heterocycles. The summed E-state index contributed by atoms with van der Waals surface area (Å²) in [7, 11) is -2.21. The lowest BCUT2D eigenvalue weighted by molar-refractivity contribution is -0.142. The number of pyridine rings is 1. The lowest BCUT2D eigenvalue weighted by Crippen LogP contribution is -2.59. The van der Waals surface area contributed by atoms with Gasteiger partial charge in [0.2, 0.25) is 21.8 Å². The van der Waals surface area contributed by atoms with Gasteiger partial charge < -0.3 is 25.0 Å². The average Bonchev–Trinajstić information content (AvgIpc) is 4.18. The fourth-order valence-electron chi connectivity index (χ4n) is 9.28. The number of nitrogens with one attached hydrogen (secondary N) is 3. The monoisotopic (exact) mass is 823 g/mol. The van der Waals surface area contributed by atoms with E-state index in [4.69, 9.17) is 14.5 Å². The van der Waals surface area contributed by atoms with Crippen LogP contribution in [0.15, 0.2) is 67.3 Å². The normalized spacial score (nSPS) is 27.5. The van der Waals surface area contributed by atoms with E-state index in [1.54, 1.807) is 18.1 Å². The Hall–Kier alpha value is -4.75. The SMILES string of the molecule is C=C[C@@H]1C[C@]1(NC(=O)[C@@H]1C[C@@H]2CN1C(=O)[C@H](C1CCCCC1)NCCCCCC/C=C/c1cc3c(cc(-c4ccccc4)nc3cc1OC)O2)C(=O)NS(=O)(=O)C1CC1. The van der Waals surface area contributed by atoms with Crippen LogP contribution in [0.2, 0.25) is 0 Å². The van der Waals surface area contributed by atoms with Crippen molar-refractivity contribution < 1.29 is 32.3 Å². The summed E-state index contributed by atoms with van der Waals surface area (Å²) in [6.45, 7) is 4.70. The molecular formula is C46H57N5O7S. The van der Waals surface area contributed by atoms with E-state index >= 15 is 4.79 Å². The maximum absolute atomic E-state index is 15.0. The second kappa shape index (κ2) is 17.5. The summed E-state index contributed by atoms with van der Waals surface area (Å²) in [5.74, 6) is -0.493. The van der Waals surface area contributed by atoms with Gasteiger partial charge in [0.15, 0.2) is 0 Å². The number of methoxy groups -OCH3 is 1. The number of sulfonamides is 1. The third kappa shape index (κ3) is 8.92. The van der Waals surface area contributed by atoms with E-state index in [2.05, 4.69) is 34.1 Å². The van der Waals surface area contributed by atoms with Crippen molar-refractivity contribution in [3.63, 3.8) is 0 Å². The molecule has 0 unspecified atom stereocenters. The van der Waals surface area contributed by atoms with Crippen LogP contribution in [-0.2, 0) is 24.4 Å². The van der Waals surface area contributed by atoms with Crippen molar-refractivity contribution in [1.29, 1.82) is 0 Å². The molecule has 1 saturated heterocycles. The molecule has 4 bridgehead atoms. The lowest BCUT2D eigenvalue weighted by atomic mass is 9.83. The number of carbonyl (C=O) groups is 3. The Balaban J connectivity index is 1.17. The Kier molecular flexibility index (Phi) is 12.1. The highest BCUT2D eigenvalue weighted by atomic mass is 32.2. The van der Waals surface area contributed by atoms with Gasteiger partial charge in [-0.15, -0.1) is 6.58 Å². The summed E-state index contributed by atoms with van der Waals surface area (Å²) in [6, 6.07) is 14.3. The predicted octanol–water partition coefficient (Wildman–Crippen LogP) is 6.44. The standard InChI is InChI=1S/C46H57N5O7S/c1-3-33-28-46(33,45(54)50-59(55,56)35-21-22-35)49-43(52)39-25-34-29-51(39)44(53)42(31-18-13-9-14-19-31)47-23-15-7-5-4-6-10-20-32-24-36-38(27-40(32)57-2)48-37(26-41(36)58-34)30-16-11-8-12-17-30/h3,8,10-12,16-17,20,24,26-27,31,33-35,39,42,47H,1,4-7,9,13-15,18-19,21-23,25,28-29H2,2H3,(H,49,52)(H,50,54)/b20-10+/t33-,34-,39+,42+,46-/m1/s1. The highest BCUT2D eigenvalue weighted by molar-refractivity contribution is 7.91. The second-order valence-corrected chi connectivity index (χ2v) is 19.0. The highest BCUT2D eigenvalue weighted by Crippen LogP contribution is 2.46. The number of ether oxygens (including phenoxy) is 2. The van der Waals surface area contributed by atoms with E-state index in [-0.39, 0.29) is 31.2 Å². The third-order valence-corrected chi connectivity index (χ3v) is 14.7. The number of fused-ring (bicyclic) bond motifs is 3. The first-order valence-electron chi connectivity index (χ1n) is 21.6. The first kappa shape index (κ1) is 41.0. The summed E-state index contributed by atoms with van der Waals surface area (Å²) < 4.78 is 40.8. The highest BCUT2D eigenvalue weighted by Gasteiger charge is 2.62. The van der Waals surface area contributed by atoms with Crippen LogP contribution in [0.3, 0.4) is 0 Å². The zero-order valence-corrected chi connectivity index (χ0v) is 34.8. The van der Waals surface area contributed by atoms with Crippen molar-refractivity contribution in [2.24, 2.45) is 11.8 Å².